The van der Waals surface area contributed by atoms with Crippen LogP contribution in [0.1, 0.15) is 46.5 Å². The second kappa shape index (κ2) is 7.85. The van der Waals surface area contributed by atoms with Crippen LogP contribution in [0.25, 0.3) is 0 Å². The lowest BCUT2D eigenvalue weighted by Crippen LogP contribution is -1.95. The maximum absolute atomic E-state index is 10.7. The van der Waals surface area contributed by atoms with Crippen molar-refractivity contribution in [1.82, 2.24) is 0 Å². The topological polar surface area (TPSA) is 54.4 Å². The van der Waals surface area contributed by atoms with Crippen molar-refractivity contribution >= 4 is 11.8 Å². The van der Waals surface area contributed by atoms with Gasteiger partial charge in [0, 0.05) is 12.0 Å². The highest BCUT2D eigenvalue weighted by Gasteiger charge is 1.98. The number of allylic oxidation sites excluding steroid dienone is 3. The molecule has 0 aromatic carbocycles. The number of aliphatic carboxylic acids is 1. The van der Waals surface area contributed by atoms with E-state index < -0.39 is 5.97 Å². The summed E-state index contributed by atoms with van der Waals surface area (Å²) >= 11 is 0. The second-order valence-electron chi connectivity index (χ2n) is 4.02. The number of carbonyl (C=O) groups is 2. The maximum atomic E-state index is 10.7. The molecule has 90 valence electrons. The van der Waals surface area contributed by atoms with E-state index in [1.165, 1.54) is 5.57 Å². The summed E-state index contributed by atoms with van der Waals surface area (Å²) in [5.74, 6) is -0.663. The first-order valence-electron chi connectivity index (χ1n) is 5.48. The van der Waals surface area contributed by atoms with E-state index in [0.717, 1.165) is 19.3 Å². The van der Waals surface area contributed by atoms with E-state index in [1.807, 2.05) is 13.0 Å². The minimum absolute atomic E-state index is 0.200. The van der Waals surface area contributed by atoms with Crippen LogP contribution in [0, 0.1) is 0 Å². The van der Waals surface area contributed by atoms with Gasteiger partial charge >= 0.3 is 5.97 Å². The van der Waals surface area contributed by atoms with Crippen molar-refractivity contribution in [2.75, 3.05) is 0 Å². The lowest BCUT2D eigenvalue weighted by atomic mass is 10.1. The Morgan fingerprint density at radius 3 is 2.06 bits per heavy atom. The molecule has 0 spiro atoms. The Morgan fingerprint density at radius 2 is 1.56 bits per heavy atom. The second-order valence-corrected chi connectivity index (χ2v) is 4.02. The third-order valence-corrected chi connectivity index (χ3v) is 2.32. The molecular weight excluding hydrogens is 204 g/mol. The first kappa shape index (κ1) is 14.6. The summed E-state index contributed by atoms with van der Waals surface area (Å²) in [4.78, 5) is 21.2. The molecule has 0 aliphatic carbocycles. The van der Waals surface area contributed by atoms with Crippen LogP contribution < -0.4 is 0 Å². The average Bonchev–Trinajstić information content (AvgIpc) is 2.16. The molecule has 3 nitrogen and oxygen atoms in total. The van der Waals surface area contributed by atoms with Crippen LogP contribution >= 0.6 is 0 Å². The third-order valence-electron chi connectivity index (χ3n) is 2.32. The van der Waals surface area contributed by atoms with Crippen molar-refractivity contribution in [2.24, 2.45) is 0 Å². The van der Waals surface area contributed by atoms with Crippen molar-refractivity contribution in [3.05, 3.63) is 23.3 Å². The largest absolute Gasteiger partial charge is 0.478 e. The summed E-state index contributed by atoms with van der Waals surface area (Å²) in [6.07, 6.45) is 6.73. The molecule has 0 fully saturated rings. The summed E-state index contributed by atoms with van der Waals surface area (Å²) in [5.41, 5.74) is 1.59. The molecule has 0 aliphatic heterocycles. The number of Topliss-reactive ketones (excluding diaryl/α,β-unsaturated/α-hetero) is 1. The summed E-state index contributed by atoms with van der Waals surface area (Å²) in [6.45, 7) is 5.18. The zero-order valence-electron chi connectivity index (χ0n) is 10.2. The molecule has 0 heterocycles. The van der Waals surface area contributed by atoms with Crippen molar-refractivity contribution in [3.8, 4) is 0 Å². The van der Waals surface area contributed by atoms with E-state index >= 15 is 0 Å². The highest BCUT2D eigenvalue weighted by Crippen LogP contribution is 2.08. The fourth-order valence-electron chi connectivity index (χ4n) is 1.23. The first-order chi connectivity index (χ1) is 7.43. The van der Waals surface area contributed by atoms with Crippen LogP contribution in [-0.4, -0.2) is 16.9 Å². The van der Waals surface area contributed by atoms with E-state index in [9.17, 15) is 9.59 Å². The predicted molar refractivity (Wildman–Crippen MR) is 64.3 cm³/mol. The normalized spacial score (nSPS) is 12.7. The minimum Gasteiger partial charge on any atom is -0.478 e. The maximum Gasteiger partial charge on any atom is 0.330 e. The SMILES string of the molecule is CC(=O)CC/C=C(\C)CC/C=C(\C)C(=O)O. The smallest absolute Gasteiger partial charge is 0.330 e. The Morgan fingerprint density at radius 1 is 1.00 bits per heavy atom. The Labute approximate surface area is 96.9 Å². The van der Waals surface area contributed by atoms with Gasteiger partial charge in [0.15, 0.2) is 0 Å². The predicted octanol–water partition coefficient (Wildman–Crippen LogP) is 3.11. The molecule has 0 aromatic heterocycles. The van der Waals surface area contributed by atoms with Crippen LogP contribution in [0.2, 0.25) is 0 Å². The lowest BCUT2D eigenvalue weighted by Gasteiger charge is -1.99. The van der Waals surface area contributed by atoms with E-state index in [2.05, 4.69) is 0 Å². The molecular formula is C13H20O3. The number of rotatable bonds is 7. The molecule has 0 aromatic rings. The van der Waals surface area contributed by atoms with E-state index in [1.54, 1.807) is 19.9 Å². The van der Waals surface area contributed by atoms with Gasteiger partial charge in [0.05, 0.1) is 0 Å². The Balaban J connectivity index is 3.89. The molecule has 0 radical (unpaired) electrons. The summed E-state index contributed by atoms with van der Waals surface area (Å²) in [6, 6.07) is 0. The molecule has 0 bridgehead atoms. The first-order valence-corrected chi connectivity index (χ1v) is 5.48. The van der Waals surface area contributed by atoms with Crippen LogP contribution in [0.5, 0.6) is 0 Å². The van der Waals surface area contributed by atoms with Gasteiger partial charge in [0.2, 0.25) is 0 Å². The molecule has 0 aliphatic rings. The van der Waals surface area contributed by atoms with Gasteiger partial charge in [-0.25, -0.2) is 4.79 Å². The Bertz CT molecular complexity index is 311. The molecule has 0 atom stereocenters. The molecule has 0 unspecified atom stereocenters. The van der Waals surface area contributed by atoms with Crippen LogP contribution in [0.4, 0.5) is 0 Å². The van der Waals surface area contributed by atoms with E-state index in [0.29, 0.717) is 12.0 Å². The molecule has 0 saturated carbocycles. The summed E-state index contributed by atoms with van der Waals surface area (Å²) < 4.78 is 0. The zero-order valence-corrected chi connectivity index (χ0v) is 10.2. The molecule has 0 rings (SSSR count). The number of hydrogen-bond acceptors (Lipinski definition) is 2. The number of hydrogen-bond donors (Lipinski definition) is 1. The fraction of sp³-hybridized carbons (Fsp3) is 0.538. The summed E-state index contributed by atoms with van der Waals surface area (Å²) in [5, 5.41) is 8.63. The van der Waals surface area contributed by atoms with Gasteiger partial charge in [0.1, 0.15) is 5.78 Å². The van der Waals surface area contributed by atoms with Crippen molar-refractivity contribution < 1.29 is 14.7 Å². The van der Waals surface area contributed by atoms with Gasteiger partial charge < -0.3 is 9.90 Å². The molecule has 0 amide bonds. The van der Waals surface area contributed by atoms with Gasteiger partial charge in [-0.2, -0.15) is 0 Å². The Kier molecular flexibility index (Phi) is 7.18. The minimum atomic E-state index is -0.863. The third kappa shape index (κ3) is 7.97. The Hall–Kier alpha value is -1.38. The van der Waals surface area contributed by atoms with Gasteiger partial charge in [-0.1, -0.05) is 17.7 Å². The van der Waals surface area contributed by atoms with Crippen LogP contribution in [0.15, 0.2) is 23.3 Å². The van der Waals surface area contributed by atoms with Gasteiger partial charge in [-0.3, -0.25) is 0 Å². The molecule has 1 N–H and O–H groups in total. The lowest BCUT2D eigenvalue weighted by molar-refractivity contribution is -0.132. The number of carboxylic acid groups (broad SMARTS) is 1. The standard InChI is InChI=1S/C13H20O3/c1-10(7-5-9-12(3)14)6-4-8-11(2)13(15)16/h7-8H,4-6,9H2,1-3H3,(H,15,16)/b10-7+,11-8+. The number of carbonyl (C=O) groups excluding carboxylic acids is 1. The van der Waals surface area contributed by atoms with Crippen LogP contribution in [0.3, 0.4) is 0 Å². The van der Waals surface area contributed by atoms with Crippen molar-refractivity contribution in [2.45, 2.75) is 46.5 Å². The average molecular weight is 224 g/mol. The quantitative estimate of drug-likeness (QED) is 0.534. The van der Waals surface area contributed by atoms with Crippen molar-refractivity contribution in [1.29, 1.82) is 0 Å². The van der Waals surface area contributed by atoms with Gasteiger partial charge in [-0.05, 0) is 40.0 Å². The number of ketones is 1. The van der Waals surface area contributed by atoms with E-state index in [-0.39, 0.29) is 5.78 Å². The zero-order chi connectivity index (χ0) is 12.6. The summed E-state index contributed by atoms with van der Waals surface area (Å²) in [7, 11) is 0. The highest BCUT2D eigenvalue weighted by atomic mass is 16.4. The van der Waals surface area contributed by atoms with Gasteiger partial charge in [-0.15, -0.1) is 0 Å². The van der Waals surface area contributed by atoms with Crippen molar-refractivity contribution in [3.63, 3.8) is 0 Å². The fourth-order valence-corrected chi connectivity index (χ4v) is 1.23. The highest BCUT2D eigenvalue weighted by molar-refractivity contribution is 5.85. The molecule has 16 heavy (non-hydrogen) atoms. The van der Waals surface area contributed by atoms with E-state index in [4.69, 9.17) is 5.11 Å². The van der Waals surface area contributed by atoms with Crippen LogP contribution in [-0.2, 0) is 9.59 Å². The monoisotopic (exact) mass is 224 g/mol. The number of carboxylic acids is 1. The molecule has 3 heteroatoms. The van der Waals surface area contributed by atoms with Gasteiger partial charge in [0.25, 0.3) is 0 Å². The molecule has 0 saturated heterocycles.